The minimum absolute atomic E-state index is 0.230. The molecule has 1 heterocycles. The first-order valence-corrected chi connectivity index (χ1v) is 5.84. The average molecular weight is 207 g/mol. The molecule has 14 heavy (non-hydrogen) atoms. The number of carbonyl (C=O) groups is 1. The summed E-state index contributed by atoms with van der Waals surface area (Å²) in [7, 11) is 0. The number of carbonyl (C=O) groups excluding carboxylic acids is 1. The Kier molecular flexibility index (Phi) is 2.77. The van der Waals surface area contributed by atoms with Crippen molar-refractivity contribution in [2.75, 3.05) is 12.3 Å². The molecular formula is C11H13NOS. The molecule has 1 saturated heterocycles. The predicted molar refractivity (Wildman–Crippen MR) is 59.0 cm³/mol. The van der Waals surface area contributed by atoms with Crippen molar-refractivity contribution in [1.29, 1.82) is 0 Å². The van der Waals surface area contributed by atoms with Gasteiger partial charge in [0.05, 0.1) is 5.75 Å². The van der Waals surface area contributed by atoms with Crippen LogP contribution in [0.5, 0.6) is 0 Å². The van der Waals surface area contributed by atoms with E-state index in [0.29, 0.717) is 5.75 Å². The maximum absolute atomic E-state index is 11.5. The lowest BCUT2D eigenvalue weighted by atomic mass is 10.2. The Bertz CT molecular complexity index is 325. The first kappa shape index (κ1) is 9.59. The molecule has 1 aliphatic rings. The van der Waals surface area contributed by atoms with Gasteiger partial charge in [0.1, 0.15) is 5.37 Å². The van der Waals surface area contributed by atoms with Gasteiger partial charge in [0, 0.05) is 6.54 Å². The molecule has 1 amide bonds. The Hall–Kier alpha value is -0.960. The number of benzene rings is 1. The lowest BCUT2D eigenvalue weighted by Crippen LogP contribution is -2.27. The van der Waals surface area contributed by atoms with Crippen LogP contribution in [-0.2, 0) is 4.79 Å². The minimum atomic E-state index is 0.230. The average Bonchev–Trinajstić information content (AvgIpc) is 2.61. The largest absolute Gasteiger partial charge is 0.326 e. The summed E-state index contributed by atoms with van der Waals surface area (Å²) < 4.78 is 0. The van der Waals surface area contributed by atoms with Crippen LogP contribution in [0, 0.1) is 0 Å². The molecule has 1 atom stereocenters. The lowest BCUT2D eigenvalue weighted by Gasteiger charge is -2.22. The van der Waals surface area contributed by atoms with E-state index in [1.165, 1.54) is 5.56 Å². The molecule has 1 aromatic carbocycles. The summed E-state index contributed by atoms with van der Waals surface area (Å²) in [4.78, 5) is 13.4. The van der Waals surface area contributed by atoms with Crippen LogP contribution < -0.4 is 0 Å². The second kappa shape index (κ2) is 4.05. The highest BCUT2D eigenvalue weighted by Crippen LogP contribution is 2.37. The van der Waals surface area contributed by atoms with Crippen LogP contribution in [0.1, 0.15) is 17.9 Å². The summed E-state index contributed by atoms with van der Waals surface area (Å²) in [6.07, 6.45) is 0. The van der Waals surface area contributed by atoms with Gasteiger partial charge in [-0.15, -0.1) is 11.8 Å². The normalized spacial score (nSPS) is 21.6. The molecule has 2 rings (SSSR count). The molecule has 74 valence electrons. The van der Waals surface area contributed by atoms with E-state index >= 15 is 0 Å². The third-order valence-corrected chi connectivity index (χ3v) is 3.65. The second-order valence-corrected chi connectivity index (χ2v) is 4.32. The fourth-order valence-electron chi connectivity index (χ4n) is 1.69. The van der Waals surface area contributed by atoms with Crippen LogP contribution in [0.15, 0.2) is 30.3 Å². The van der Waals surface area contributed by atoms with E-state index in [-0.39, 0.29) is 11.3 Å². The van der Waals surface area contributed by atoms with Crippen molar-refractivity contribution < 1.29 is 4.79 Å². The number of thioether (sulfide) groups is 1. The van der Waals surface area contributed by atoms with E-state index in [2.05, 4.69) is 12.1 Å². The van der Waals surface area contributed by atoms with Gasteiger partial charge in [0.15, 0.2) is 0 Å². The zero-order chi connectivity index (χ0) is 9.97. The SMILES string of the molecule is CCN1C(=O)CSC1c1ccccc1. The van der Waals surface area contributed by atoms with E-state index in [4.69, 9.17) is 0 Å². The summed E-state index contributed by atoms with van der Waals surface area (Å²) in [5.41, 5.74) is 1.23. The summed E-state index contributed by atoms with van der Waals surface area (Å²) in [6, 6.07) is 10.2. The third-order valence-electron chi connectivity index (χ3n) is 2.39. The van der Waals surface area contributed by atoms with E-state index in [9.17, 15) is 4.79 Å². The van der Waals surface area contributed by atoms with E-state index in [0.717, 1.165) is 6.54 Å². The molecule has 0 spiro atoms. The van der Waals surface area contributed by atoms with Gasteiger partial charge in [0.25, 0.3) is 0 Å². The Morgan fingerprint density at radius 3 is 2.79 bits per heavy atom. The molecule has 0 bridgehead atoms. The molecule has 1 fully saturated rings. The fraction of sp³-hybridized carbons (Fsp3) is 0.364. The predicted octanol–water partition coefficient (Wildman–Crippen LogP) is 2.28. The topological polar surface area (TPSA) is 20.3 Å². The molecule has 1 aromatic rings. The van der Waals surface area contributed by atoms with E-state index in [1.54, 1.807) is 11.8 Å². The van der Waals surface area contributed by atoms with Gasteiger partial charge in [-0.05, 0) is 12.5 Å². The molecule has 0 aliphatic carbocycles. The van der Waals surface area contributed by atoms with Crippen molar-refractivity contribution in [3.63, 3.8) is 0 Å². The van der Waals surface area contributed by atoms with Crippen LogP contribution in [0.4, 0.5) is 0 Å². The maximum atomic E-state index is 11.5. The number of amides is 1. The number of nitrogens with zero attached hydrogens (tertiary/aromatic N) is 1. The smallest absolute Gasteiger partial charge is 0.233 e. The molecule has 1 unspecified atom stereocenters. The Morgan fingerprint density at radius 1 is 1.43 bits per heavy atom. The lowest BCUT2D eigenvalue weighted by molar-refractivity contribution is -0.127. The van der Waals surface area contributed by atoms with Crippen LogP contribution in [-0.4, -0.2) is 23.1 Å². The minimum Gasteiger partial charge on any atom is -0.326 e. The van der Waals surface area contributed by atoms with Gasteiger partial charge in [-0.3, -0.25) is 4.79 Å². The van der Waals surface area contributed by atoms with E-state index < -0.39 is 0 Å². The summed E-state index contributed by atoms with van der Waals surface area (Å²) in [6.45, 7) is 2.82. The molecule has 3 heteroatoms. The van der Waals surface area contributed by atoms with Crippen molar-refractivity contribution in [2.24, 2.45) is 0 Å². The molecule has 0 radical (unpaired) electrons. The first-order valence-electron chi connectivity index (χ1n) is 4.79. The number of hydrogen-bond acceptors (Lipinski definition) is 2. The zero-order valence-electron chi connectivity index (χ0n) is 8.14. The molecular weight excluding hydrogens is 194 g/mol. The Morgan fingerprint density at radius 2 is 2.14 bits per heavy atom. The van der Waals surface area contributed by atoms with Crippen molar-refractivity contribution in [3.05, 3.63) is 35.9 Å². The monoisotopic (exact) mass is 207 g/mol. The zero-order valence-corrected chi connectivity index (χ0v) is 8.96. The molecule has 0 N–H and O–H groups in total. The quantitative estimate of drug-likeness (QED) is 0.741. The van der Waals surface area contributed by atoms with Gasteiger partial charge in [-0.1, -0.05) is 30.3 Å². The van der Waals surface area contributed by atoms with Crippen LogP contribution >= 0.6 is 11.8 Å². The highest BCUT2D eigenvalue weighted by atomic mass is 32.2. The van der Waals surface area contributed by atoms with Crippen molar-refractivity contribution >= 4 is 17.7 Å². The Balaban J connectivity index is 2.23. The highest BCUT2D eigenvalue weighted by Gasteiger charge is 2.30. The second-order valence-electron chi connectivity index (χ2n) is 3.25. The van der Waals surface area contributed by atoms with Crippen molar-refractivity contribution in [2.45, 2.75) is 12.3 Å². The van der Waals surface area contributed by atoms with Gasteiger partial charge in [-0.2, -0.15) is 0 Å². The molecule has 1 aliphatic heterocycles. The van der Waals surface area contributed by atoms with Gasteiger partial charge < -0.3 is 4.90 Å². The molecule has 2 nitrogen and oxygen atoms in total. The summed E-state index contributed by atoms with van der Waals surface area (Å²) in [5.74, 6) is 0.874. The molecule has 0 aromatic heterocycles. The van der Waals surface area contributed by atoms with Crippen molar-refractivity contribution in [3.8, 4) is 0 Å². The number of rotatable bonds is 2. The summed E-state index contributed by atoms with van der Waals surface area (Å²) in [5, 5.41) is 0.230. The number of hydrogen-bond donors (Lipinski definition) is 0. The Labute approximate surface area is 88.3 Å². The molecule has 0 saturated carbocycles. The van der Waals surface area contributed by atoms with Crippen LogP contribution in [0.3, 0.4) is 0 Å². The van der Waals surface area contributed by atoms with E-state index in [1.807, 2.05) is 30.0 Å². The van der Waals surface area contributed by atoms with Gasteiger partial charge in [-0.25, -0.2) is 0 Å². The van der Waals surface area contributed by atoms with Gasteiger partial charge in [0.2, 0.25) is 5.91 Å². The summed E-state index contributed by atoms with van der Waals surface area (Å²) >= 11 is 1.71. The van der Waals surface area contributed by atoms with Crippen LogP contribution in [0.25, 0.3) is 0 Å². The first-order chi connectivity index (χ1) is 6.83. The van der Waals surface area contributed by atoms with Crippen molar-refractivity contribution in [1.82, 2.24) is 4.90 Å². The third kappa shape index (κ3) is 1.64. The highest BCUT2D eigenvalue weighted by molar-refractivity contribution is 8.00. The standard InChI is InChI=1S/C11H13NOS/c1-2-12-10(13)8-14-11(12)9-6-4-3-5-7-9/h3-7,11H,2,8H2,1H3. The van der Waals surface area contributed by atoms with Gasteiger partial charge >= 0.3 is 0 Å². The van der Waals surface area contributed by atoms with Crippen LogP contribution in [0.2, 0.25) is 0 Å². The maximum Gasteiger partial charge on any atom is 0.233 e. The fourth-order valence-corrected chi connectivity index (χ4v) is 2.95.